The molecular formula is C19H15N3O3. The summed E-state index contributed by atoms with van der Waals surface area (Å²) in [6, 6.07) is 22.5. The Morgan fingerprint density at radius 3 is 2.12 bits per heavy atom. The van der Waals surface area contributed by atoms with Crippen molar-refractivity contribution in [1.29, 1.82) is 0 Å². The first-order valence-corrected chi connectivity index (χ1v) is 7.61. The van der Waals surface area contributed by atoms with Crippen LogP contribution < -0.4 is 10.6 Å². The Morgan fingerprint density at radius 1 is 0.800 bits per heavy atom. The first-order valence-electron chi connectivity index (χ1n) is 7.61. The predicted octanol–water partition coefficient (Wildman–Crippen LogP) is 4.59. The second kappa shape index (κ2) is 7.27. The fourth-order valence-electron chi connectivity index (χ4n) is 2.40. The van der Waals surface area contributed by atoms with E-state index in [1.807, 2.05) is 36.4 Å². The molecule has 0 radical (unpaired) electrons. The van der Waals surface area contributed by atoms with Crippen LogP contribution in [-0.4, -0.2) is 10.8 Å². The average Bonchev–Trinajstić information content (AvgIpc) is 2.63. The lowest BCUT2D eigenvalue weighted by Crippen LogP contribution is -2.14. The van der Waals surface area contributed by atoms with Gasteiger partial charge in [-0.05, 0) is 30.3 Å². The average molecular weight is 333 g/mol. The molecule has 0 heterocycles. The van der Waals surface area contributed by atoms with Gasteiger partial charge in [0.05, 0.1) is 16.2 Å². The van der Waals surface area contributed by atoms with Crippen LogP contribution in [0, 0.1) is 10.1 Å². The van der Waals surface area contributed by atoms with Crippen LogP contribution in [0.2, 0.25) is 0 Å². The third kappa shape index (κ3) is 3.81. The standard InChI is InChI=1S/C19H15N3O3/c23-19(21-17-12-6-7-13-18(17)22(24)25)15-10-4-5-11-16(15)20-14-8-2-1-3-9-14/h1-13,20H,(H,21,23). The lowest BCUT2D eigenvalue weighted by atomic mass is 10.1. The summed E-state index contributed by atoms with van der Waals surface area (Å²) in [6.07, 6.45) is 0. The molecule has 124 valence electrons. The van der Waals surface area contributed by atoms with Gasteiger partial charge in [0.15, 0.2) is 0 Å². The second-order valence-electron chi connectivity index (χ2n) is 5.26. The first kappa shape index (κ1) is 16.2. The molecule has 0 aliphatic rings. The predicted molar refractivity (Wildman–Crippen MR) is 97.2 cm³/mol. The van der Waals surface area contributed by atoms with Crippen LogP contribution in [0.1, 0.15) is 10.4 Å². The molecule has 0 spiro atoms. The number of nitro groups is 1. The number of carbonyl (C=O) groups excluding carboxylic acids is 1. The zero-order chi connectivity index (χ0) is 17.6. The number of nitrogens with one attached hydrogen (secondary N) is 2. The Balaban J connectivity index is 1.87. The molecular weight excluding hydrogens is 318 g/mol. The number of benzene rings is 3. The van der Waals surface area contributed by atoms with Crippen LogP contribution >= 0.6 is 0 Å². The van der Waals surface area contributed by atoms with E-state index >= 15 is 0 Å². The molecule has 0 aromatic heterocycles. The molecule has 0 saturated heterocycles. The summed E-state index contributed by atoms with van der Waals surface area (Å²) in [5.74, 6) is -0.423. The lowest BCUT2D eigenvalue weighted by Gasteiger charge is -2.12. The smallest absolute Gasteiger partial charge is 0.292 e. The maximum Gasteiger partial charge on any atom is 0.292 e. The Kier molecular flexibility index (Phi) is 4.71. The Labute approximate surface area is 144 Å². The quantitative estimate of drug-likeness (QED) is 0.528. The highest BCUT2D eigenvalue weighted by Crippen LogP contribution is 2.26. The summed E-state index contributed by atoms with van der Waals surface area (Å²) < 4.78 is 0. The van der Waals surface area contributed by atoms with E-state index in [-0.39, 0.29) is 11.4 Å². The molecule has 6 nitrogen and oxygen atoms in total. The van der Waals surface area contributed by atoms with E-state index in [1.165, 1.54) is 12.1 Å². The zero-order valence-corrected chi connectivity index (χ0v) is 13.2. The fourth-order valence-corrected chi connectivity index (χ4v) is 2.40. The van der Waals surface area contributed by atoms with E-state index in [4.69, 9.17) is 0 Å². The van der Waals surface area contributed by atoms with Crippen molar-refractivity contribution in [3.8, 4) is 0 Å². The van der Waals surface area contributed by atoms with Gasteiger partial charge in [0.2, 0.25) is 0 Å². The highest BCUT2D eigenvalue weighted by molar-refractivity contribution is 6.09. The van der Waals surface area contributed by atoms with Crippen molar-refractivity contribution in [3.63, 3.8) is 0 Å². The number of hydrogen-bond donors (Lipinski definition) is 2. The lowest BCUT2D eigenvalue weighted by molar-refractivity contribution is -0.383. The van der Waals surface area contributed by atoms with Gasteiger partial charge in [-0.25, -0.2) is 0 Å². The van der Waals surface area contributed by atoms with Crippen molar-refractivity contribution in [2.45, 2.75) is 0 Å². The first-order chi connectivity index (χ1) is 12.1. The molecule has 25 heavy (non-hydrogen) atoms. The number of rotatable bonds is 5. The maximum atomic E-state index is 12.6. The molecule has 0 aliphatic heterocycles. The molecule has 0 bridgehead atoms. The molecule has 3 aromatic carbocycles. The molecule has 3 aromatic rings. The number of hydrogen-bond acceptors (Lipinski definition) is 4. The zero-order valence-electron chi connectivity index (χ0n) is 13.2. The molecule has 2 N–H and O–H groups in total. The number of para-hydroxylation sites is 4. The van der Waals surface area contributed by atoms with Crippen LogP contribution in [-0.2, 0) is 0 Å². The monoisotopic (exact) mass is 333 g/mol. The number of carbonyl (C=O) groups is 1. The Morgan fingerprint density at radius 2 is 1.40 bits per heavy atom. The van der Waals surface area contributed by atoms with Crippen molar-refractivity contribution in [2.75, 3.05) is 10.6 Å². The van der Waals surface area contributed by atoms with Crippen LogP contribution in [0.4, 0.5) is 22.7 Å². The molecule has 6 heteroatoms. The minimum absolute atomic E-state index is 0.149. The van der Waals surface area contributed by atoms with Crippen molar-refractivity contribution in [2.24, 2.45) is 0 Å². The highest BCUT2D eigenvalue weighted by atomic mass is 16.6. The van der Waals surface area contributed by atoms with Crippen LogP contribution in [0.5, 0.6) is 0 Å². The molecule has 0 fully saturated rings. The van der Waals surface area contributed by atoms with Gasteiger partial charge in [-0.1, -0.05) is 42.5 Å². The Hall–Kier alpha value is -3.67. The van der Waals surface area contributed by atoms with Crippen molar-refractivity contribution in [1.82, 2.24) is 0 Å². The number of nitrogens with zero attached hydrogens (tertiary/aromatic N) is 1. The number of anilines is 3. The summed E-state index contributed by atoms with van der Waals surface area (Å²) in [6.45, 7) is 0. The van der Waals surface area contributed by atoms with Gasteiger partial charge < -0.3 is 10.6 Å². The van der Waals surface area contributed by atoms with E-state index < -0.39 is 10.8 Å². The van der Waals surface area contributed by atoms with E-state index in [0.717, 1.165) is 5.69 Å². The summed E-state index contributed by atoms with van der Waals surface area (Å²) in [4.78, 5) is 23.2. The maximum absolute atomic E-state index is 12.6. The topological polar surface area (TPSA) is 84.3 Å². The summed E-state index contributed by atoms with van der Waals surface area (Å²) in [5, 5.41) is 16.9. The number of amides is 1. The van der Waals surface area contributed by atoms with E-state index in [0.29, 0.717) is 11.3 Å². The van der Waals surface area contributed by atoms with Gasteiger partial charge in [-0.2, -0.15) is 0 Å². The van der Waals surface area contributed by atoms with E-state index in [9.17, 15) is 14.9 Å². The normalized spacial score (nSPS) is 10.1. The van der Waals surface area contributed by atoms with Gasteiger partial charge in [-0.15, -0.1) is 0 Å². The second-order valence-corrected chi connectivity index (χ2v) is 5.26. The summed E-state index contributed by atoms with van der Waals surface area (Å²) in [7, 11) is 0. The van der Waals surface area contributed by atoms with Gasteiger partial charge in [0, 0.05) is 11.8 Å². The molecule has 0 atom stereocenters. The van der Waals surface area contributed by atoms with Crippen molar-refractivity contribution in [3.05, 3.63) is 94.5 Å². The SMILES string of the molecule is O=C(Nc1ccccc1[N+](=O)[O-])c1ccccc1Nc1ccccc1. The third-order valence-electron chi connectivity index (χ3n) is 3.57. The molecule has 0 aliphatic carbocycles. The van der Waals surface area contributed by atoms with Gasteiger partial charge in [0.1, 0.15) is 5.69 Å². The van der Waals surface area contributed by atoms with Gasteiger partial charge in [-0.3, -0.25) is 14.9 Å². The van der Waals surface area contributed by atoms with Gasteiger partial charge >= 0.3 is 0 Å². The Bertz CT molecular complexity index is 911. The van der Waals surface area contributed by atoms with Crippen LogP contribution in [0.3, 0.4) is 0 Å². The minimum Gasteiger partial charge on any atom is -0.355 e. The van der Waals surface area contributed by atoms with Crippen molar-refractivity contribution < 1.29 is 9.72 Å². The fraction of sp³-hybridized carbons (Fsp3) is 0. The molecule has 0 unspecified atom stereocenters. The molecule has 0 saturated carbocycles. The van der Waals surface area contributed by atoms with E-state index in [2.05, 4.69) is 10.6 Å². The molecule has 3 rings (SSSR count). The van der Waals surface area contributed by atoms with Crippen LogP contribution in [0.25, 0.3) is 0 Å². The van der Waals surface area contributed by atoms with Crippen LogP contribution in [0.15, 0.2) is 78.9 Å². The highest BCUT2D eigenvalue weighted by Gasteiger charge is 2.17. The van der Waals surface area contributed by atoms with Gasteiger partial charge in [0.25, 0.3) is 11.6 Å². The third-order valence-corrected chi connectivity index (χ3v) is 3.57. The van der Waals surface area contributed by atoms with Crippen molar-refractivity contribution >= 4 is 28.7 Å². The molecule has 1 amide bonds. The largest absolute Gasteiger partial charge is 0.355 e. The summed E-state index contributed by atoms with van der Waals surface area (Å²) in [5.41, 5.74) is 1.86. The number of nitro benzene ring substituents is 1. The minimum atomic E-state index is -0.524. The summed E-state index contributed by atoms with van der Waals surface area (Å²) >= 11 is 0. The van der Waals surface area contributed by atoms with E-state index in [1.54, 1.807) is 30.3 Å².